The van der Waals surface area contributed by atoms with Crippen molar-refractivity contribution in [2.45, 2.75) is 27.3 Å². The molecule has 2 N–H and O–H groups in total. The molecule has 0 spiro atoms. The average Bonchev–Trinajstić information content (AvgIpc) is 2.47. The summed E-state index contributed by atoms with van der Waals surface area (Å²) in [5.41, 5.74) is 2.29. The van der Waals surface area contributed by atoms with Gasteiger partial charge in [0.25, 0.3) is 5.56 Å². The molecule has 1 heterocycles. The number of para-hydroxylation sites is 1. The molecule has 2 aromatic rings. The molecule has 2 amide bonds. The number of benzene rings is 1. The molecule has 5 heteroatoms. The molecule has 0 aliphatic rings. The number of nitrogens with one attached hydrogen (secondary N) is 2. The number of urea groups is 1. The molecule has 0 fully saturated rings. The number of aryl methyl sites for hydroxylation is 1. The third-order valence-corrected chi connectivity index (χ3v) is 3.65. The van der Waals surface area contributed by atoms with Gasteiger partial charge in [0.05, 0.1) is 5.52 Å². The van der Waals surface area contributed by atoms with Gasteiger partial charge in [0.1, 0.15) is 0 Å². The highest BCUT2D eigenvalue weighted by Gasteiger charge is 2.10. The second-order valence-electron chi connectivity index (χ2n) is 4.99. The smallest absolute Gasteiger partial charge is 0.317 e. The second-order valence-corrected chi connectivity index (χ2v) is 4.99. The predicted octanol–water partition coefficient (Wildman–Crippen LogP) is 2.39. The number of nitrogens with zero attached hydrogens (tertiary/aromatic N) is 1. The highest BCUT2D eigenvalue weighted by Crippen LogP contribution is 2.14. The Kier molecular flexibility index (Phi) is 4.62. The first-order valence-electron chi connectivity index (χ1n) is 7.21. The Morgan fingerprint density at radius 2 is 2.00 bits per heavy atom. The lowest BCUT2D eigenvalue weighted by Crippen LogP contribution is -2.40. The zero-order valence-corrected chi connectivity index (χ0v) is 12.7. The molecule has 0 aliphatic carbocycles. The summed E-state index contributed by atoms with van der Waals surface area (Å²) in [4.78, 5) is 28.6. The average molecular weight is 287 g/mol. The lowest BCUT2D eigenvalue weighted by Gasteiger charge is -2.19. The maximum atomic E-state index is 12.1. The number of aromatic amines is 1. The standard InChI is InChI=1S/C16H21N3O2/c1-4-19(5-2)16(21)17-10-13-9-12-8-6-7-11(3)14(12)18-15(13)20/h6-9H,4-5,10H2,1-3H3,(H,17,21)(H,18,20). The van der Waals surface area contributed by atoms with Gasteiger partial charge in [-0.05, 0) is 37.8 Å². The molecule has 1 aromatic carbocycles. The first-order chi connectivity index (χ1) is 10.1. The molecule has 21 heavy (non-hydrogen) atoms. The van der Waals surface area contributed by atoms with Crippen molar-refractivity contribution >= 4 is 16.9 Å². The van der Waals surface area contributed by atoms with E-state index in [4.69, 9.17) is 0 Å². The Morgan fingerprint density at radius 3 is 2.67 bits per heavy atom. The maximum Gasteiger partial charge on any atom is 0.317 e. The van der Waals surface area contributed by atoms with E-state index in [0.717, 1.165) is 16.5 Å². The van der Waals surface area contributed by atoms with E-state index in [2.05, 4.69) is 10.3 Å². The lowest BCUT2D eigenvalue weighted by molar-refractivity contribution is 0.203. The number of amides is 2. The van der Waals surface area contributed by atoms with E-state index < -0.39 is 0 Å². The molecular weight excluding hydrogens is 266 g/mol. The summed E-state index contributed by atoms with van der Waals surface area (Å²) >= 11 is 0. The minimum atomic E-state index is -0.156. The highest BCUT2D eigenvalue weighted by molar-refractivity contribution is 5.82. The van der Waals surface area contributed by atoms with Crippen molar-refractivity contribution in [3.63, 3.8) is 0 Å². The molecule has 2 rings (SSSR count). The first kappa shape index (κ1) is 15.1. The van der Waals surface area contributed by atoms with Gasteiger partial charge in [-0.2, -0.15) is 0 Å². The first-order valence-corrected chi connectivity index (χ1v) is 7.21. The van der Waals surface area contributed by atoms with Crippen LogP contribution in [0.4, 0.5) is 4.79 Å². The van der Waals surface area contributed by atoms with Gasteiger partial charge >= 0.3 is 6.03 Å². The largest absolute Gasteiger partial charge is 0.334 e. The minimum absolute atomic E-state index is 0.149. The zero-order chi connectivity index (χ0) is 15.4. The number of aromatic nitrogens is 1. The summed E-state index contributed by atoms with van der Waals surface area (Å²) in [6.07, 6.45) is 0. The molecule has 1 aromatic heterocycles. The van der Waals surface area contributed by atoms with Crippen molar-refractivity contribution in [2.75, 3.05) is 13.1 Å². The van der Waals surface area contributed by atoms with Gasteiger partial charge < -0.3 is 15.2 Å². The van der Waals surface area contributed by atoms with Crippen LogP contribution in [0.5, 0.6) is 0 Å². The molecule has 0 radical (unpaired) electrons. The van der Waals surface area contributed by atoms with E-state index in [-0.39, 0.29) is 18.1 Å². The number of fused-ring (bicyclic) bond motifs is 1. The van der Waals surface area contributed by atoms with Crippen LogP contribution >= 0.6 is 0 Å². The van der Waals surface area contributed by atoms with Crippen molar-refractivity contribution in [1.29, 1.82) is 0 Å². The number of rotatable bonds is 4. The van der Waals surface area contributed by atoms with E-state index in [1.54, 1.807) is 4.90 Å². The van der Waals surface area contributed by atoms with Gasteiger partial charge in [-0.15, -0.1) is 0 Å². The van der Waals surface area contributed by atoms with Gasteiger partial charge in [-0.1, -0.05) is 18.2 Å². The van der Waals surface area contributed by atoms with Gasteiger partial charge in [0, 0.05) is 25.2 Å². The van der Waals surface area contributed by atoms with Crippen LogP contribution in [0.2, 0.25) is 0 Å². The van der Waals surface area contributed by atoms with Crippen molar-refractivity contribution in [1.82, 2.24) is 15.2 Å². The van der Waals surface area contributed by atoms with E-state index in [1.807, 2.05) is 45.0 Å². The molecule has 112 valence electrons. The van der Waals surface area contributed by atoms with Crippen LogP contribution < -0.4 is 10.9 Å². The Bertz CT molecular complexity index is 702. The van der Waals surface area contributed by atoms with Crippen LogP contribution in [0, 0.1) is 6.92 Å². The van der Waals surface area contributed by atoms with E-state index in [0.29, 0.717) is 18.7 Å². The van der Waals surface area contributed by atoms with Crippen LogP contribution in [0.1, 0.15) is 25.0 Å². The quantitative estimate of drug-likeness (QED) is 0.906. The third-order valence-electron chi connectivity index (χ3n) is 3.65. The van der Waals surface area contributed by atoms with E-state index >= 15 is 0 Å². The monoisotopic (exact) mass is 287 g/mol. The fraction of sp³-hybridized carbons (Fsp3) is 0.375. The Labute approximate surface area is 124 Å². The molecule has 5 nitrogen and oxygen atoms in total. The Morgan fingerprint density at radius 1 is 1.29 bits per heavy atom. The van der Waals surface area contributed by atoms with Gasteiger partial charge in [0.2, 0.25) is 0 Å². The van der Waals surface area contributed by atoms with Crippen molar-refractivity contribution in [2.24, 2.45) is 0 Å². The molecule has 0 aliphatic heterocycles. The predicted molar refractivity (Wildman–Crippen MR) is 84.5 cm³/mol. The van der Waals surface area contributed by atoms with E-state index in [1.165, 1.54) is 0 Å². The van der Waals surface area contributed by atoms with Crippen molar-refractivity contribution < 1.29 is 4.79 Å². The second kappa shape index (κ2) is 6.43. The number of carbonyl (C=O) groups is 1. The summed E-state index contributed by atoms with van der Waals surface area (Å²) in [5, 5.41) is 3.76. The number of hydrogen-bond donors (Lipinski definition) is 2. The van der Waals surface area contributed by atoms with Crippen LogP contribution in [0.15, 0.2) is 29.1 Å². The maximum absolute atomic E-state index is 12.1. The Hall–Kier alpha value is -2.30. The van der Waals surface area contributed by atoms with Crippen molar-refractivity contribution in [3.05, 3.63) is 45.7 Å². The fourth-order valence-corrected chi connectivity index (χ4v) is 2.35. The fourth-order valence-electron chi connectivity index (χ4n) is 2.35. The van der Waals surface area contributed by atoms with Crippen molar-refractivity contribution in [3.8, 4) is 0 Å². The molecule has 0 atom stereocenters. The number of carbonyl (C=O) groups excluding carboxylic acids is 1. The summed E-state index contributed by atoms with van der Waals surface area (Å²) < 4.78 is 0. The van der Waals surface area contributed by atoms with Crippen LogP contribution in [0.3, 0.4) is 0 Å². The summed E-state index contributed by atoms with van der Waals surface area (Å²) in [6, 6.07) is 7.55. The molecule has 0 bridgehead atoms. The van der Waals surface area contributed by atoms with Crippen LogP contribution in [-0.2, 0) is 6.54 Å². The SMILES string of the molecule is CCN(CC)C(=O)NCc1cc2cccc(C)c2[nH]c1=O. The zero-order valence-electron chi connectivity index (χ0n) is 12.7. The highest BCUT2D eigenvalue weighted by atomic mass is 16.2. The molecule has 0 unspecified atom stereocenters. The topological polar surface area (TPSA) is 65.2 Å². The number of H-pyrrole nitrogens is 1. The third kappa shape index (κ3) is 3.24. The Balaban J connectivity index is 2.21. The van der Waals surface area contributed by atoms with Crippen LogP contribution in [0.25, 0.3) is 10.9 Å². The molecule has 0 saturated carbocycles. The minimum Gasteiger partial charge on any atom is -0.334 e. The van der Waals surface area contributed by atoms with Gasteiger partial charge in [-0.3, -0.25) is 4.79 Å². The number of pyridine rings is 1. The van der Waals surface area contributed by atoms with Crippen LogP contribution in [-0.4, -0.2) is 29.0 Å². The summed E-state index contributed by atoms with van der Waals surface area (Å²) in [5.74, 6) is 0. The normalized spacial score (nSPS) is 10.6. The summed E-state index contributed by atoms with van der Waals surface area (Å²) in [7, 11) is 0. The molecular formula is C16H21N3O2. The van der Waals surface area contributed by atoms with Gasteiger partial charge in [0.15, 0.2) is 0 Å². The summed E-state index contributed by atoms with van der Waals surface area (Å²) in [6.45, 7) is 7.34. The number of hydrogen-bond acceptors (Lipinski definition) is 2. The van der Waals surface area contributed by atoms with E-state index in [9.17, 15) is 9.59 Å². The molecule has 0 saturated heterocycles. The lowest BCUT2D eigenvalue weighted by atomic mass is 10.1. The van der Waals surface area contributed by atoms with Gasteiger partial charge in [-0.25, -0.2) is 4.79 Å².